The van der Waals surface area contributed by atoms with Crippen molar-refractivity contribution in [3.63, 3.8) is 0 Å². The van der Waals surface area contributed by atoms with E-state index < -0.39 is 21.7 Å². The number of nitrogens with one attached hydrogen (secondary N) is 2. The van der Waals surface area contributed by atoms with Crippen LogP contribution >= 0.6 is 0 Å². The number of aromatic amines is 1. The van der Waals surface area contributed by atoms with Crippen molar-refractivity contribution in [3.05, 3.63) is 18.3 Å². The lowest BCUT2D eigenvalue weighted by atomic mass is 9.77. The van der Waals surface area contributed by atoms with E-state index in [-0.39, 0.29) is 17.9 Å². The molecule has 1 aliphatic rings. The van der Waals surface area contributed by atoms with E-state index in [0.29, 0.717) is 6.42 Å². The topological polar surface area (TPSA) is 62.0 Å². The van der Waals surface area contributed by atoms with Crippen molar-refractivity contribution in [1.82, 2.24) is 9.71 Å². The monoisotopic (exact) mass is 268 g/mol. The number of hydrogen-bond acceptors (Lipinski definition) is 2. The van der Waals surface area contributed by atoms with Gasteiger partial charge in [-0.15, -0.1) is 0 Å². The first-order valence-corrected chi connectivity index (χ1v) is 6.49. The molecule has 0 saturated heterocycles. The third-order valence-corrected chi connectivity index (χ3v) is 4.43. The molecule has 2 rings (SSSR count). The van der Waals surface area contributed by atoms with Crippen LogP contribution in [0.25, 0.3) is 0 Å². The van der Waals surface area contributed by atoms with Crippen LogP contribution in [0.3, 0.4) is 0 Å². The summed E-state index contributed by atoms with van der Waals surface area (Å²) in [4.78, 5) is 2.38. The second-order valence-electron chi connectivity index (χ2n) is 4.07. The van der Waals surface area contributed by atoms with E-state index in [9.17, 15) is 21.6 Å². The molecule has 0 atom stereocenters. The smallest absolute Gasteiger partial charge is 0.351 e. The number of sulfonamides is 1. The SMILES string of the molecule is O=S(=O)(NC1(C(F)(F)F)CCC1)c1ccc[nH]1. The third kappa shape index (κ3) is 2.06. The summed E-state index contributed by atoms with van der Waals surface area (Å²) >= 11 is 0. The molecule has 1 aromatic rings. The highest BCUT2D eigenvalue weighted by molar-refractivity contribution is 7.89. The van der Waals surface area contributed by atoms with Gasteiger partial charge in [0.2, 0.25) is 0 Å². The van der Waals surface area contributed by atoms with Crippen molar-refractivity contribution in [2.45, 2.75) is 36.0 Å². The Kier molecular flexibility index (Phi) is 2.74. The minimum atomic E-state index is -4.56. The normalized spacial score (nSPS) is 19.9. The van der Waals surface area contributed by atoms with Gasteiger partial charge in [0.25, 0.3) is 10.0 Å². The fraction of sp³-hybridized carbons (Fsp3) is 0.556. The van der Waals surface area contributed by atoms with Crippen molar-refractivity contribution in [2.24, 2.45) is 0 Å². The number of H-pyrrole nitrogens is 1. The molecule has 4 nitrogen and oxygen atoms in total. The summed E-state index contributed by atoms with van der Waals surface area (Å²) in [6, 6.07) is 2.63. The first-order chi connectivity index (χ1) is 7.77. The number of rotatable bonds is 3. The summed E-state index contributed by atoms with van der Waals surface area (Å²) < 4.78 is 63.5. The predicted molar refractivity (Wildman–Crippen MR) is 53.8 cm³/mol. The summed E-state index contributed by atoms with van der Waals surface area (Å²) in [7, 11) is -4.14. The molecule has 1 fully saturated rings. The highest BCUT2D eigenvalue weighted by Crippen LogP contribution is 2.45. The fourth-order valence-electron chi connectivity index (χ4n) is 1.77. The molecule has 8 heteroatoms. The minimum absolute atomic E-state index is 0.212. The number of halogens is 3. The largest absolute Gasteiger partial charge is 0.407 e. The molecule has 1 aromatic heterocycles. The van der Waals surface area contributed by atoms with Crippen molar-refractivity contribution in [2.75, 3.05) is 0 Å². The Hall–Kier alpha value is -1.02. The quantitative estimate of drug-likeness (QED) is 0.877. The van der Waals surface area contributed by atoms with Gasteiger partial charge in [0.15, 0.2) is 0 Å². The Balaban J connectivity index is 2.27. The van der Waals surface area contributed by atoms with Gasteiger partial charge in [0.05, 0.1) is 0 Å². The van der Waals surface area contributed by atoms with Crippen molar-refractivity contribution >= 4 is 10.0 Å². The van der Waals surface area contributed by atoms with Gasteiger partial charge in [-0.2, -0.15) is 17.9 Å². The lowest BCUT2D eigenvalue weighted by Crippen LogP contribution is -2.62. The van der Waals surface area contributed by atoms with Crippen LogP contribution in [0, 0.1) is 0 Å². The molecule has 1 saturated carbocycles. The molecular weight excluding hydrogens is 257 g/mol. The lowest BCUT2D eigenvalue weighted by molar-refractivity contribution is -0.212. The van der Waals surface area contributed by atoms with Gasteiger partial charge in [-0.1, -0.05) is 0 Å². The zero-order valence-electron chi connectivity index (χ0n) is 8.71. The Bertz CT molecular complexity index is 489. The fourth-order valence-corrected chi connectivity index (χ4v) is 3.19. The number of alkyl halides is 3. The van der Waals surface area contributed by atoms with E-state index in [0.717, 1.165) is 0 Å². The number of hydrogen-bond donors (Lipinski definition) is 2. The predicted octanol–water partition coefficient (Wildman–Crippen LogP) is 1.78. The Morgan fingerprint density at radius 3 is 2.35 bits per heavy atom. The van der Waals surface area contributed by atoms with E-state index in [1.165, 1.54) is 18.3 Å². The summed E-state index contributed by atoms with van der Waals surface area (Å²) in [5, 5.41) is -0.256. The van der Waals surface area contributed by atoms with Crippen LogP contribution in [0.15, 0.2) is 23.4 Å². The van der Waals surface area contributed by atoms with E-state index in [1.54, 1.807) is 4.72 Å². The Morgan fingerprint density at radius 2 is 2.00 bits per heavy atom. The van der Waals surface area contributed by atoms with E-state index >= 15 is 0 Å². The first kappa shape index (κ1) is 12.4. The highest BCUT2D eigenvalue weighted by atomic mass is 32.2. The second-order valence-corrected chi connectivity index (χ2v) is 5.72. The summed E-state index contributed by atoms with van der Waals surface area (Å²) in [6.45, 7) is 0. The molecule has 96 valence electrons. The molecule has 0 aromatic carbocycles. The molecule has 0 unspecified atom stereocenters. The van der Waals surface area contributed by atoms with E-state index in [2.05, 4.69) is 4.98 Å². The summed E-state index contributed by atoms with van der Waals surface area (Å²) in [5.41, 5.74) is -2.29. The lowest BCUT2D eigenvalue weighted by Gasteiger charge is -2.42. The Labute approximate surface area is 96.3 Å². The van der Waals surface area contributed by atoms with Crippen LogP contribution in [-0.2, 0) is 10.0 Å². The maximum absolute atomic E-state index is 12.8. The second kappa shape index (κ2) is 3.74. The van der Waals surface area contributed by atoms with Gasteiger partial charge in [0, 0.05) is 6.20 Å². The molecule has 1 aliphatic carbocycles. The maximum atomic E-state index is 12.8. The molecule has 1 heterocycles. The standard InChI is InChI=1S/C9H11F3N2O2S/c10-9(11,12)8(4-2-5-8)14-17(15,16)7-3-1-6-13-7/h1,3,6,13-14H,2,4-5H2. The van der Waals surface area contributed by atoms with Gasteiger partial charge in [-0.05, 0) is 31.4 Å². The molecule has 0 amide bonds. The van der Waals surface area contributed by atoms with Crippen molar-refractivity contribution in [1.29, 1.82) is 0 Å². The highest BCUT2D eigenvalue weighted by Gasteiger charge is 2.60. The zero-order valence-corrected chi connectivity index (χ0v) is 9.53. The molecule has 17 heavy (non-hydrogen) atoms. The molecule has 2 N–H and O–H groups in total. The van der Waals surface area contributed by atoms with Gasteiger partial charge in [0.1, 0.15) is 10.6 Å². The van der Waals surface area contributed by atoms with E-state index in [1.807, 2.05) is 0 Å². The number of aromatic nitrogens is 1. The molecular formula is C9H11F3N2O2S. The minimum Gasteiger partial charge on any atom is -0.351 e. The van der Waals surface area contributed by atoms with Crippen LogP contribution in [-0.4, -0.2) is 25.1 Å². The van der Waals surface area contributed by atoms with Gasteiger partial charge < -0.3 is 4.98 Å². The van der Waals surface area contributed by atoms with Crippen LogP contribution in [0.2, 0.25) is 0 Å². The maximum Gasteiger partial charge on any atom is 0.407 e. The summed E-state index contributed by atoms with van der Waals surface area (Å²) in [6.07, 6.45) is -3.28. The van der Waals surface area contributed by atoms with Crippen LogP contribution in [0.1, 0.15) is 19.3 Å². The molecule has 0 aliphatic heterocycles. The van der Waals surface area contributed by atoms with Crippen molar-refractivity contribution in [3.8, 4) is 0 Å². The van der Waals surface area contributed by atoms with Crippen LogP contribution in [0.5, 0.6) is 0 Å². The van der Waals surface area contributed by atoms with Gasteiger partial charge >= 0.3 is 6.18 Å². The molecule has 0 spiro atoms. The average Bonchev–Trinajstić information content (AvgIpc) is 2.62. The van der Waals surface area contributed by atoms with Crippen LogP contribution in [0.4, 0.5) is 13.2 Å². The summed E-state index contributed by atoms with van der Waals surface area (Å²) in [5.74, 6) is 0. The van der Waals surface area contributed by atoms with Gasteiger partial charge in [-0.3, -0.25) is 0 Å². The zero-order chi connectivity index (χ0) is 12.7. The Morgan fingerprint density at radius 1 is 1.35 bits per heavy atom. The molecule has 0 bridgehead atoms. The van der Waals surface area contributed by atoms with Crippen LogP contribution < -0.4 is 4.72 Å². The van der Waals surface area contributed by atoms with E-state index in [4.69, 9.17) is 0 Å². The average molecular weight is 268 g/mol. The molecule has 0 radical (unpaired) electrons. The first-order valence-electron chi connectivity index (χ1n) is 5.01. The van der Waals surface area contributed by atoms with Crippen molar-refractivity contribution < 1.29 is 21.6 Å². The third-order valence-electron chi connectivity index (χ3n) is 2.94. The van der Waals surface area contributed by atoms with Gasteiger partial charge in [-0.25, -0.2) is 8.42 Å².